The number of carboxylic acid groups (broad SMARTS) is 1. The first-order valence-corrected chi connectivity index (χ1v) is 3.21. The Morgan fingerprint density at radius 1 is 1.21 bits per heavy atom. The van der Waals surface area contributed by atoms with Crippen LogP contribution in [0, 0.1) is 0 Å². The average Bonchev–Trinajstić information content (AvgIpc) is 1.83. The fourth-order valence-corrected chi connectivity index (χ4v) is 0. The highest BCUT2D eigenvalue weighted by Crippen LogP contribution is 2.04. The lowest BCUT2D eigenvalue weighted by Gasteiger charge is -2.24. The summed E-state index contributed by atoms with van der Waals surface area (Å²) in [6.07, 6.45) is -1.23. The van der Waals surface area contributed by atoms with Crippen molar-refractivity contribution in [2.24, 2.45) is 5.73 Å². The molecule has 9 nitrogen and oxygen atoms in total. The predicted molar refractivity (Wildman–Crippen MR) is 40.1 cm³/mol. The fraction of sp³-hybridized carbons (Fsp3) is 0.800. The van der Waals surface area contributed by atoms with Gasteiger partial charge in [-0.15, -0.1) is 0 Å². The van der Waals surface area contributed by atoms with Crippen LogP contribution < -0.4 is 5.73 Å². The fourth-order valence-electron chi connectivity index (χ4n) is 0. The zero-order valence-corrected chi connectivity index (χ0v) is 7.19. The van der Waals surface area contributed by atoms with Crippen LogP contribution in [0.5, 0.6) is 0 Å². The van der Waals surface area contributed by atoms with Crippen LogP contribution in [0.3, 0.4) is 0 Å². The summed E-state index contributed by atoms with van der Waals surface area (Å²) in [5.41, 5.74) is 4.17. The Morgan fingerprint density at radius 2 is 1.36 bits per heavy atom. The lowest BCUT2D eigenvalue weighted by molar-refractivity contribution is -0.444. The second-order valence-corrected chi connectivity index (χ2v) is 2.38. The van der Waals surface area contributed by atoms with Crippen molar-refractivity contribution in [1.82, 2.24) is 0 Å². The molecule has 0 aromatic rings. The average molecular weight is 215 g/mol. The van der Waals surface area contributed by atoms with Gasteiger partial charge in [0.1, 0.15) is 6.10 Å². The van der Waals surface area contributed by atoms with E-state index in [-0.39, 0.29) is 0 Å². The highest BCUT2D eigenvalue weighted by atomic mass is 16.7. The molecule has 0 saturated carbocycles. The minimum atomic E-state index is -3.67. The topological polar surface area (TPSA) is 185 Å². The maximum absolute atomic E-state index is 9.45. The zero-order valence-electron chi connectivity index (χ0n) is 7.19. The summed E-state index contributed by atoms with van der Waals surface area (Å²) in [6, 6.07) is 0. The van der Waals surface area contributed by atoms with Crippen molar-refractivity contribution in [3.05, 3.63) is 0 Å². The minimum absolute atomic E-state index is 1.19. The SMILES string of the molecule is CC(O)C(=O)O.NC(O)(O)C(O)(O)O. The van der Waals surface area contributed by atoms with Gasteiger partial charge in [-0.1, -0.05) is 0 Å². The molecule has 14 heavy (non-hydrogen) atoms. The second-order valence-electron chi connectivity index (χ2n) is 2.38. The molecule has 86 valence electrons. The predicted octanol–water partition coefficient (Wildman–Crippen LogP) is -4.33. The highest BCUT2D eigenvalue weighted by molar-refractivity contribution is 5.71. The first kappa shape index (κ1) is 15.7. The Bertz CT molecular complexity index is 165. The third-order valence-electron chi connectivity index (χ3n) is 0.851. The molecule has 0 fully saturated rings. The first-order valence-electron chi connectivity index (χ1n) is 3.21. The molecule has 0 aliphatic carbocycles. The summed E-state index contributed by atoms with van der Waals surface area (Å²) < 4.78 is 0. The first-order chi connectivity index (χ1) is 5.89. The van der Waals surface area contributed by atoms with Gasteiger partial charge in [0, 0.05) is 0 Å². The Balaban J connectivity index is 0. The van der Waals surface area contributed by atoms with Crippen LogP contribution in [-0.2, 0) is 4.79 Å². The molecule has 9 N–H and O–H groups in total. The summed E-state index contributed by atoms with van der Waals surface area (Å²) in [4.78, 5) is 9.45. The van der Waals surface area contributed by atoms with Crippen LogP contribution in [0.15, 0.2) is 0 Å². The van der Waals surface area contributed by atoms with E-state index in [0.717, 1.165) is 0 Å². The molecule has 0 bridgehead atoms. The van der Waals surface area contributed by atoms with Gasteiger partial charge in [-0.05, 0) is 6.92 Å². The number of aliphatic carboxylic acids is 1. The van der Waals surface area contributed by atoms with Crippen LogP contribution in [0.2, 0.25) is 0 Å². The molecule has 0 aliphatic heterocycles. The molecule has 0 aliphatic rings. The van der Waals surface area contributed by atoms with Crippen LogP contribution in [-0.4, -0.2) is 59.7 Å². The number of aliphatic hydroxyl groups is 6. The van der Waals surface area contributed by atoms with Gasteiger partial charge < -0.3 is 35.7 Å². The van der Waals surface area contributed by atoms with E-state index in [4.69, 9.17) is 35.7 Å². The van der Waals surface area contributed by atoms with Gasteiger partial charge in [0.2, 0.25) is 0 Å². The van der Waals surface area contributed by atoms with Crippen molar-refractivity contribution in [1.29, 1.82) is 0 Å². The zero-order chi connectivity index (χ0) is 12.2. The summed E-state index contributed by atoms with van der Waals surface area (Å²) >= 11 is 0. The van der Waals surface area contributed by atoms with E-state index in [2.05, 4.69) is 5.73 Å². The standard InChI is InChI=1S/C3H6O3.C2H7NO5/c1-2(4)3(5)6;3-1(4,5)2(6,7)8/h2,4H,1H3,(H,5,6);4-8H,3H2. The summed E-state index contributed by atoms with van der Waals surface area (Å²) in [7, 11) is 0. The number of rotatable bonds is 2. The van der Waals surface area contributed by atoms with E-state index in [0.29, 0.717) is 0 Å². The van der Waals surface area contributed by atoms with E-state index in [1.165, 1.54) is 6.92 Å². The number of hydrogen-bond acceptors (Lipinski definition) is 8. The van der Waals surface area contributed by atoms with Crippen molar-refractivity contribution >= 4 is 5.97 Å². The summed E-state index contributed by atoms with van der Waals surface area (Å²) in [5.74, 6) is -8.25. The quantitative estimate of drug-likeness (QED) is 0.211. The molecule has 0 saturated heterocycles. The van der Waals surface area contributed by atoms with Crippen molar-refractivity contribution in [2.45, 2.75) is 24.9 Å². The maximum Gasteiger partial charge on any atom is 0.348 e. The van der Waals surface area contributed by atoms with E-state index in [1.807, 2.05) is 0 Å². The largest absolute Gasteiger partial charge is 0.479 e. The Morgan fingerprint density at radius 3 is 1.36 bits per heavy atom. The van der Waals surface area contributed by atoms with Crippen molar-refractivity contribution in [2.75, 3.05) is 0 Å². The number of aliphatic hydroxyl groups excluding tert-OH is 1. The summed E-state index contributed by atoms with van der Waals surface area (Å²) in [5, 5.41) is 55.2. The lowest BCUT2D eigenvalue weighted by Crippen LogP contribution is -2.60. The molecule has 0 aromatic carbocycles. The maximum atomic E-state index is 9.45. The third-order valence-corrected chi connectivity index (χ3v) is 0.851. The smallest absolute Gasteiger partial charge is 0.348 e. The van der Waals surface area contributed by atoms with E-state index >= 15 is 0 Å². The Labute approximate surface area is 78.3 Å². The van der Waals surface area contributed by atoms with Crippen molar-refractivity contribution in [3.63, 3.8) is 0 Å². The van der Waals surface area contributed by atoms with E-state index in [9.17, 15) is 4.79 Å². The number of hydrogen-bond donors (Lipinski definition) is 8. The van der Waals surface area contributed by atoms with Gasteiger partial charge >= 0.3 is 17.9 Å². The Hall–Kier alpha value is -0.810. The van der Waals surface area contributed by atoms with Gasteiger partial charge in [0.05, 0.1) is 0 Å². The normalized spacial score (nSPS) is 14.0. The molecule has 0 spiro atoms. The second kappa shape index (κ2) is 5.17. The van der Waals surface area contributed by atoms with Gasteiger partial charge in [-0.3, -0.25) is 5.73 Å². The number of carbonyl (C=O) groups is 1. The van der Waals surface area contributed by atoms with Crippen LogP contribution >= 0.6 is 0 Å². The van der Waals surface area contributed by atoms with E-state index in [1.54, 1.807) is 0 Å². The molecule has 0 aromatic heterocycles. The molecule has 0 radical (unpaired) electrons. The monoisotopic (exact) mass is 215 g/mol. The Kier molecular flexibility index (Phi) is 5.78. The molecule has 1 unspecified atom stereocenters. The minimum Gasteiger partial charge on any atom is -0.479 e. The molecule has 9 heteroatoms. The molecule has 0 rings (SSSR count). The van der Waals surface area contributed by atoms with Crippen molar-refractivity contribution < 1.29 is 40.5 Å². The molecular formula is C5H13NO8. The van der Waals surface area contributed by atoms with Gasteiger partial charge in [-0.25, -0.2) is 4.79 Å². The van der Waals surface area contributed by atoms with Crippen LogP contribution in [0.1, 0.15) is 6.92 Å². The molecule has 0 heterocycles. The van der Waals surface area contributed by atoms with Crippen molar-refractivity contribution in [3.8, 4) is 0 Å². The number of nitrogens with two attached hydrogens (primary N) is 1. The van der Waals surface area contributed by atoms with E-state index < -0.39 is 24.0 Å². The van der Waals surface area contributed by atoms with Crippen LogP contribution in [0.4, 0.5) is 0 Å². The van der Waals surface area contributed by atoms with Gasteiger partial charge in [0.15, 0.2) is 0 Å². The molecule has 1 atom stereocenters. The molecule has 0 amide bonds. The van der Waals surface area contributed by atoms with Gasteiger partial charge in [-0.2, -0.15) is 0 Å². The lowest BCUT2D eigenvalue weighted by atomic mass is 10.4. The number of carboxylic acids is 1. The summed E-state index contributed by atoms with van der Waals surface area (Å²) in [6.45, 7) is 1.20. The highest BCUT2D eigenvalue weighted by Gasteiger charge is 2.42. The van der Waals surface area contributed by atoms with Crippen LogP contribution in [0.25, 0.3) is 0 Å². The molecular weight excluding hydrogens is 202 g/mol. The third kappa shape index (κ3) is 7.82. The van der Waals surface area contributed by atoms with Gasteiger partial charge in [0.25, 0.3) is 0 Å².